The number of hydrogen-bond acceptors (Lipinski definition) is 3. The topological polar surface area (TPSA) is 42.2 Å². The molecule has 0 aliphatic rings. The van der Waals surface area contributed by atoms with E-state index in [1.54, 1.807) is 0 Å². The smallest absolute Gasteiger partial charge is 0.156 e. The lowest BCUT2D eigenvalue weighted by Gasteiger charge is -2.17. The molecule has 0 aromatic carbocycles. The summed E-state index contributed by atoms with van der Waals surface area (Å²) in [5, 5.41) is 9.09. The largest absolute Gasteiger partial charge is 0.353 e. The van der Waals surface area contributed by atoms with E-state index in [2.05, 4.69) is 26.0 Å². The minimum Gasteiger partial charge on any atom is -0.353 e. The first-order chi connectivity index (χ1) is 10.0. The number of nitriles is 1. The minimum atomic E-state index is -0.409. The molecule has 0 spiro atoms. The number of hydrogen-bond donors (Lipinski definition) is 0. The molecule has 2 atom stereocenters. The fourth-order valence-corrected chi connectivity index (χ4v) is 2.17. The molecule has 2 unspecified atom stereocenters. The van der Waals surface area contributed by atoms with E-state index in [1.165, 1.54) is 11.1 Å². The van der Waals surface area contributed by atoms with Crippen LogP contribution in [0.4, 0.5) is 0 Å². The molecule has 0 aliphatic heterocycles. The van der Waals surface area contributed by atoms with E-state index in [-0.39, 0.29) is 6.29 Å². The zero-order chi connectivity index (χ0) is 16.1. The molecule has 120 valence electrons. The van der Waals surface area contributed by atoms with Crippen molar-refractivity contribution in [1.82, 2.24) is 0 Å². The van der Waals surface area contributed by atoms with Crippen LogP contribution < -0.4 is 0 Å². The third-order valence-electron chi connectivity index (χ3n) is 3.16. The number of nitrogens with zero attached hydrogens (tertiary/aromatic N) is 1. The molecule has 3 nitrogen and oxygen atoms in total. The molecule has 0 aromatic heterocycles. The molecule has 0 aromatic rings. The molecule has 0 rings (SSSR count). The Morgan fingerprint density at radius 3 is 2.48 bits per heavy atom. The molecular weight excluding hydrogens is 286 g/mol. The zero-order valence-corrected chi connectivity index (χ0v) is 14.4. The molecule has 21 heavy (non-hydrogen) atoms. The van der Waals surface area contributed by atoms with Gasteiger partial charge in [0.2, 0.25) is 0 Å². The Bertz CT molecular complexity index is 371. The Hall–Kier alpha value is -0.820. The predicted octanol–water partition coefficient (Wildman–Crippen LogP) is 4.97. The molecular formula is C17H28ClNO2. The maximum atomic E-state index is 9.09. The van der Waals surface area contributed by atoms with Gasteiger partial charge in [-0.25, -0.2) is 0 Å². The zero-order valence-electron chi connectivity index (χ0n) is 13.7. The second-order valence-corrected chi connectivity index (χ2v) is 5.42. The Labute approximate surface area is 134 Å². The summed E-state index contributed by atoms with van der Waals surface area (Å²) in [6.45, 7) is 8.52. The van der Waals surface area contributed by atoms with Gasteiger partial charge in [0.1, 0.15) is 6.10 Å². The van der Waals surface area contributed by atoms with Gasteiger partial charge in [0, 0.05) is 12.5 Å². The molecule has 0 heterocycles. The summed E-state index contributed by atoms with van der Waals surface area (Å²) >= 11 is 5.66. The van der Waals surface area contributed by atoms with Crippen molar-refractivity contribution in [2.24, 2.45) is 0 Å². The standard InChI is InChI=1S/C17H28ClNO2/c1-5-20-16(4)21-17(13-19)10-9-14(2)7-6-8-15(3)11-12-18/h7,11,16-17H,5-6,8-10,12H2,1-4H3/b14-7+,15-11+. The number of rotatable bonds is 11. The van der Waals surface area contributed by atoms with Crippen LogP contribution in [-0.2, 0) is 9.47 Å². The molecule has 0 amide bonds. The van der Waals surface area contributed by atoms with Crippen molar-refractivity contribution in [2.75, 3.05) is 12.5 Å². The first kappa shape index (κ1) is 20.2. The average molecular weight is 314 g/mol. The monoisotopic (exact) mass is 313 g/mol. The minimum absolute atomic E-state index is 0.327. The van der Waals surface area contributed by atoms with Gasteiger partial charge in [0.05, 0.1) is 6.07 Å². The lowest BCUT2D eigenvalue weighted by Crippen LogP contribution is -2.21. The van der Waals surface area contributed by atoms with Crippen molar-refractivity contribution in [3.8, 4) is 6.07 Å². The normalized spacial score (nSPS) is 15.6. The quantitative estimate of drug-likeness (QED) is 0.307. The Morgan fingerprint density at radius 1 is 1.24 bits per heavy atom. The van der Waals surface area contributed by atoms with Crippen LogP contribution in [0.2, 0.25) is 0 Å². The number of alkyl halides is 1. The Balaban J connectivity index is 4.06. The molecule has 0 saturated carbocycles. The Kier molecular flexibility index (Phi) is 12.4. The number of allylic oxidation sites excluding steroid dienone is 4. The van der Waals surface area contributed by atoms with Crippen LogP contribution >= 0.6 is 11.6 Å². The van der Waals surface area contributed by atoms with Crippen LogP contribution in [-0.4, -0.2) is 24.9 Å². The van der Waals surface area contributed by atoms with E-state index >= 15 is 0 Å². The van der Waals surface area contributed by atoms with E-state index in [1.807, 2.05) is 19.9 Å². The highest BCUT2D eigenvalue weighted by atomic mass is 35.5. The van der Waals surface area contributed by atoms with E-state index in [0.29, 0.717) is 18.9 Å². The summed E-state index contributed by atoms with van der Waals surface area (Å²) < 4.78 is 10.8. The highest BCUT2D eigenvalue weighted by Gasteiger charge is 2.12. The summed E-state index contributed by atoms with van der Waals surface area (Å²) in [6.07, 6.45) is 7.15. The van der Waals surface area contributed by atoms with Crippen LogP contribution in [0.1, 0.15) is 53.4 Å². The first-order valence-electron chi connectivity index (χ1n) is 7.57. The van der Waals surface area contributed by atoms with Gasteiger partial charge in [-0.05, 0) is 53.4 Å². The van der Waals surface area contributed by atoms with Gasteiger partial charge in [-0.2, -0.15) is 5.26 Å². The summed E-state index contributed by atoms with van der Waals surface area (Å²) in [5.74, 6) is 0.577. The van der Waals surface area contributed by atoms with Crippen LogP contribution in [0.15, 0.2) is 23.3 Å². The van der Waals surface area contributed by atoms with Gasteiger partial charge < -0.3 is 9.47 Å². The third kappa shape index (κ3) is 11.5. The maximum absolute atomic E-state index is 9.09. The summed E-state index contributed by atoms with van der Waals surface area (Å²) in [4.78, 5) is 0. The molecule has 0 saturated heterocycles. The van der Waals surface area contributed by atoms with Crippen molar-refractivity contribution < 1.29 is 9.47 Å². The average Bonchev–Trinajstić information content (AvgIpc) is 2.44. The van der Waals surface area contributed by atoms with Crippen molar-refractivity contribution in [3.05, 3.63) is 23.3 Å². The highest BCUT2D eigenvalue weighted by molar-refractivity contribution is 6.18. The summed E-state index contributed by atoms with van der Waals surface area (Å²) in [5.41, 5.74) is 2.61. The number of halogens is 1. The molecule has 0 radical (unpaired) electrons. The summed E-state index contributed by atoms with van der Waals surface area (Å²) in [7, 11) is 0. The molecule has 0 N–H and O–H groups in total. The Morgan fingerprint density at radius 2 is 1.90 bits per heavy atom. The van der Waals surface area contributed by atoms with Crippen LogP contribution in [0.5, 0.6) is 0 Å². The SMILES string of the molecule is CCOC(C)OC(C#N)CC/C(C)=C/CC/C(C)=C/CCl. The van der Waals surface area contributed by atoms with E-state index in [0.717, 1.165) is 19.3 Å². The third-order valence-corrected chi connectivity index (χ3v) is 3.31. The van der Waals surface area contributed by atoms with E-state index < -0.39 is 6.10 Å². The number of ether oxygens (including phenoxy) is 2. The maximum Gasteiger partial charge on any atom is 0.156 e. The van der Waals surface area contributed by atoms with Crippen LogP contribution in [0, 0.1) is 11.3 Å². The van der Waals surface area contributed by atoms with Crippen molar-refractivity contribution in [1.29, 1.82) is 5.26 Å². The van der Waals surface area contributed by atoms with Gasteiger partial charge in [-0.1, -0.05) is 23.3 Å². The van der Waals surface area contributed by atoms with Crippen molar-refractivity contribution in [2.45, 2.75) is 65.8 Å². The highest BCUT2D eigenvalue weighted by Crippen LogP contribution is 2.14. The predicted molar refractivity (Wildman–Crippen MR) is 88.3 cm³/mol. The molecule has 0 aliphatic carbocycles. The second-order valence-electron chi connectivity index (χ2n) is 5.11. The molecule has 4 heteroatoms. The van der Waals surface area contributed by atoms with Gasteiger partial charge in [-0.15, -0.1) is 11.6 Å². The molecule has 0 fully saturated rings. The van der Waals surface area contributed by atoms with Gasteiger partial charge >= 0.3 is 0 Å². The lowest BCUT2D eigenvalue weighted by atomic mass is 10.1. The van der Waals surface area contributed by atoms with Crippen molar-refractivity contribution >= 4 is 11.6 Å². The van der Waals surface area contributed by atoms with Crippen molar-refractivity contribution in [3.63, 3.8) is 0 Å². The van der Waals surface area contributed by atoms with E-state index in [4.69, 9.17) is 26.3 Å². The van der Waals surface area contributed by atoms with Crippen LogP contribution in [0.3, 0.4) is 0 Å². The van der Waals surface area contributed by atoms with Gasteiger partial charge in [0.25, 0.3) is 0 Å². The second kappa shape index (κ2) is 12.9. The van der Waals surface area contributed by atoms with E-state index in [9.17, 15) is 0 Å². The van der Waals surface area contributed by atoms with Gasteiger partial charge in [0.15, 0.2) is 6.29 Å². The van der Waals surface area contributed by atoms with Gasteiger partial charge in [-0.3, -0.25) is 0 Å². The fourth-order valence-electron chi connectivity index (χ4n) is 1.91. The van der Waals surface area contributed by atoms with Crippen LogP contribution in [0.25, 0.3) is 0 Å². The fraction of sp³-hybridized carbons (Fsp3) is 0.706. The lowest BCUT2D eigenvalue weighted by molar-refractivity contribution is -0.145. The summed E-state index contributed by atoms with van der Waals surface area (Å²) in [6, 6.07) is 2.18. The first-order valence-corrected chi connectivity index (χ1v) is 8.10. The molecule has 0 bridgehead atoms.